The molecule has 1 aliphatic heterocycles. The predicted molar refractivity (Wildman–Crippen MR) is 96.2 cm³/mol. The van der Waals surface area contributed by atoms with Gasteiger partial charge in [-0.1, -0.05) is 6.07 Å². The quantitative estimate of drug-likeness (QED) is 0.760. The molecule has 1 aromatic carbocycles. The smallest absolute Gasteiger partial charge is 0.227 e. The van der Waals surface area contributed by atoms with Crippen LogP contribution >= 0.6 is 0 Å². The predicted octanol–water partition coefficient (Wildman–Crippen LogP) is 3.47. The molecule has 1 aromatic rings. The van der Waals surface area contributed by atoms with Gasteiger partial charge in [0.05, 0.1) is 24.2 Å². The molecular formula is C21H27F2NO3. The summed E-state index contributed by atoms with van der Waals surface area (Å²) >= 11 is 0. The van der Waals surface area contributed by atoms with E-state index in [0.717, 1.165) is 44.4 Å². The van der Waals surface area contributed by atoms with Crippen molar-refractivity contribution in [1.82, 2.24) is 4.90 Å². The van der Waals surface area contributed by atoms with Crippen molar-refractivity contribution in [3.05, 3.63) is 35.4 Å². The lowest BCUT2D eigenvalue weighted by Gasteiger charge is -2.43. The highest BCUT2D eigenvalue weighted by molar-refractivity contribution is 5.79. The molecule has 4 nitrogen and oxygen atoms in total. The lowest BCUT2D eigenvalue weighted by molar-refractivity contribution is -0.141. The molecule has 4 rings (SSSR count). The Hall–Kier alpha value is -1.53. The number of ether oxygens (including phenoxy) is 2. The fourth-order valence-electron chi connectivity index (χ4n) is 4.59. The standard InChI is InChI=1S/C21H27F2NO3/c1-26-21-7-6-16(27-13-14-2-3-14)12-19(21)24(9-8-21)20(25)11-15-4-5-17(22)18(23)10-15/h4-5,10,14,16,19H,2-3,6-9,11-13H2,1H3. The van der Waals surface area contributed by atoms with Gasteiger partial charge in [0, 0.05) is 20.3 Å². The van der Waals surface area contributed by atoms with Gasteiger partial charge in [-0.25, -0.2) is 8.78 Å². The van der Waals surface area contributed by atoms with Gasteiger partial charge in [-0.3, -0.25) is 4.79 Å². The number of methoxy groups -OCH3 is 1. The lowest BCUT2D eigenvalue weighted by atomic mass is 9.79. The summed E-state index contributed by atoms with van der Waals surface area (Å²) in [6.07, 6.45) is 6.20. The van der Waals surface area contributed by atoms with E-state index >= 15 is 0 Å². The molecule has 2 aliphatic carbocycles. The van der Waals surface area contributed by atoms with Crippen molar-refractivity contribution in [2.45, 2.75) is 62.7 Å². The van der Waals surface area contributed by atoms with Gasteiger partial charge in [0.15, 0.2) is 11.6 Å². The Kier molecular flexibility index (Phi) is 5.21. The molecule has 0 radical (unpaired) electrons. The highest BCUT2D eigenvalue weighted by Crippen LogP contribution is 2.44. The molecule has 3 fully saturated rings. The minimum atomic E-state index is -0.917. The summed E-state index contributed by atoms with van der Waals surface area (Å²) in [5, 5.41) is 0. The van der Waals surface area contributed by atoms with Crippen LogP contribution in [0, 0.1) is 17.6 Å². The third-order valence-electron chi connectivity index (χ3n) is 6.47. The summed E-state index contributed by atoms with van der Waals surface area (Å²) in [6, 6.07) is 3.63. The Morgan fingerprint density at radius 2 is 2.04 bits per heavy atom. The number of amides is 1. The maximum atomic E-state index is 13.5. The minimum absolute atomic E-state index is 0.0155. The van der Waals surface area contributed by atoms with Crippen molar-refractivity contribution < 1.29 is 23.0 Å². The Bertz CT molecular complexity index is 709. The largest absolute Gasteiger partial charge is 0.378 e. The van der Waals surface area contributed by atoms with Crippen molar-refractivity contribution in [3.63, 3.8) is 0 Å². The molecule has 148 valence electrons. The van der Waals surface area contributed by atoms with E-state index in [1.165, 1.54) is 18.9 Å². The van der Waals surface area contributed by atoms with E-state index in [9.17, 15) is 13.6 Å². The van der Waals surface area contributed by atoms with Gasteiger partial charge in [0.25, 0.3) is 0 Å². The molecule has 0 spiro atoms. The summed E-state index contributed by atoms with van der Waals surface area (Å²) in [6.45, 7) is 1.45. The van der Waals surface area contributed by atoms with Crippen LogP contribution in [-0.2, 0) is 20.7 Å². The molecule has 1 saturated heterocycles. The number of carbonyl (C=O) groups excluding carboxylic acids is 1. The van der Waals surface area contributed by atoms with Crippen LogP contribution in [0.5, 0.6) is 0 Å². The first-order valence-electron chi connectivity index (χ1n) is 9.91. The van der Waals surface area contributed by atoms with Crippen LogP contribution in [0.4, 0.5) is 8.78 Å². The molecule has 6 heteroatoms. The second-order valence-corrected chi connectivity index (χ2v) is 8.22. The van der Waals surface area contributed by atoms with Crippen LogP contribution in [0.25, 0.3) is 0 Å². The zero-order valence-electron chi connectivity index (χ0n) is 15.8. The molecule has 27 heavy (non-hydrogen) atoms. The zero-order valence-corrected chi connectivity index (χ0v) is 15.8. The fraction of sp³-hybridized carbons (Fsp3) is 0.667. The van der Waals surface area contributed by atoms with Crippen LogP contribution in [0.2, 0.25) is 0 Å². The highest BCUT2D eigenvalue weighted by Gasteiger charge is 2.52. The molecule has 0 aromatic heterocycles. The Morgan fingerprint density at radius 3 is 2.74 bits per heavy atom. The van der Waals surface area contributed by atoms with Crippen LogP contribution in [0.1, 0.15) is 44.1 Å². The molecule has 3 unspecified atom stereocenters. The van der Waals surface area contributed by atoms with E-state index in [2.05, 4.69) is 0 Å². The third kappa shape index (κ3) is 3.87. The van der Waals surface area contributed by atoms with Crippen molar-refractivity contribution in [2.75, 3.05) is 20.3 Å². The molecule has 1 amide bonds. The topological polar surface area (TPSA) is 38.8 Å². The fourth-order valence-corrected chi connectivity index (χ4v) is 4.59. The summed E-state index contributed by atoms with van der Waals surface area (Å²) in [4.78, 5) is 14.8. The second-order valence-electron chi connectivity index (χ2n) is 8.22. The number of benzene rings is 1. The summed E-state index contributed by atoms with van der Waals surface area (Å²) in [5.41, 5.74) is 0.189. The van der Waals surface area contributed by atoms with Crippen LogP contribution in [-0.4, -0.2) is 48.8 Å². The first-order chi connectivity index (χ1) is 13.0. The maximum absolute atomic E-state index is 13.5. The van der Waals surface area contributed by atoms with E-state index in [1.807, 2.05) is 4.90 Å². The van der Waals surface area contributed by atoms with Gasteiger partial charge in [-0.2, -0.15) is 0 Å². The Balaban J connectivity index is 1.44. The highest BCUT2D eigenvalue weighted by atomic mass is 19.2. The normalized spacial score (nSPS) is 30.4. The molecule has 3 aliphatic rings. The summed E-state index contributed by atoms with van der Waals surface area (Å²) in [5.74, 6) is -1.16. The molecule has 0 bridgehead atoms. The van der Waals surface area contributed by atoms with Gasteiger partial charge in [0.2, 0.25) is 5.91 Å². The molecular weight excluding hydrogens is 352 g/mol. The van der Waals surface area contributed by atoms with E-state index in [0.29, 0.717) is 18.0 Å². The SMILES string of the molecule is COC12CCC(OCC3CC3)CC1N(C(=O)Cc1ccc(F)c(F)c1)CC2. The average molecular weight is 379 g/mol. The number of hydrogen-bond acceptors (Lipinski definition) is 3. The maximum Gasteiger partial charge on any atom is 0.227 e. The van der Waals surface area contributed by atoms with Gasteiger partial charge in [-0.15, -0.1) is 0 Å². The van der Waals surface area contributed by atoms with Crippen LogP contribution < -0.4 is 0 Å². The number of carbonyl (C=O) groups is 1. The summed E-state index contributed by atoms with van der Waals surface area (Å²) in [7, 11) is 1.72. The first kappa shape index (κ1) is 18.8. The lowest BCUT2D eigenvalue weighted by Crippen LogP contribution is -2.53. The van der Waals surface area contributed by atoms with E-state index < -0.39 is 11.6 Å². The molecule has 3 atom stereocenters. The van der Waals surface area contributed by atoms with Gasteiger partial charge in [0.1, 0.15) is 0 Å². The number of nitrogens with zero attached hydrogens (tertiary/aromatic N) is 1. The Labute approximate surface area is 158 Å². The molecule has 1 heterocycles. The summed E-state index contributed by atoms with van der Waals surface area (Å²) < 4.78 is 38.6. The van der Waals surface area contributed by atoms with Crippen molar-refractivity contribution >= 4 is 5.91 Å². The number of halogens is 2. The van der Waals surface area contributed by atoms with Crippen molar-refractivity contribution in [3.8, 4) is 0 Å². The number of likely N-dealkylation sites (tertiary alicyclic amines) is 1. The van der Waals surface area contributed by atoms with E-state index in [-0.39, 0.29) is 30.1 Å². The first-order valence-corrected chi connectivity index (χ1v) is 9.91. The van der Waals surface area contributed by atoms with Crippen molar-refractivity contribution in [1.29, 1.82) is 0 Å². The monoisotopic (exact) mass is 379 g/mol. The number of fused-ring (bicyclic) bond motifs is 1. The van der Waals surface area contributed by atoms with Gasteiger partial charge in [-0.05, 0) is 62.1 Å². The number of rotatable bonds is 6. The number of hydrogen-bond donors (Lipinski definition) is 0. The third-order valence-corrected chi connectivity index (χ3v) is 6.47. The van der Waals surface area contributed by atoms with Crippen LogP contribution in [0.15, 0.2) is 18.2 Å². The van der Waals surface area contributed by atoms with Crippen LogP contribution in [0.3, 0.4) is 0 Å². The zero-order chi connectivity index (χ0) is 19.0. The molecule has 0 N–H and O–H groups in total. The minimum Gasteiger partial charge on any atom is -0.378 e. The average Bonchev–Trinajstić information content (AvgIpc) is 3.41. The van der Waals surface area contributed by atoms with Crippen molar-refractivity contribution in [2.24, 2.45) is 5.92 Å². The van der Waals surface area contributed by atoms with Gasteiger partial charge < -0.3 is 14.4 Å². The van der Waals surface area contributed by atoms with E-state index in [4.69, 9.17) is 9.47 Å². The Morgan fingerprint density at radius 1 is 1.22 bits per heavy atom. The van der Waals surface area contributed by atoms with Gasteiger partial charge >= 0.3 is 0 Å². The molecule has 2 saturated carbocycles. The second kappa shape index (κ2) is 7.47. The van der Waals surface area contributed by atoms with E-state index in [1.54, 1.807) is 7.11 Å².